The zero-order chi connectivity index (χ0) is 22.2. The first-order valence-electron chi connectivity index (χ1n) is 11.8. The highest BCUT2D eigenvalue weighted by Gasteiger charge is 2.46. The van der Waals surface area contributed by atoms with Gasteiger partial charge in [0.15, 0.2) is 11.9 Å². The minimum Gasteiger partial charge on any atom is -0.356 e. The first kappa shape index (κ1) is 22.4. The van der Waals surface area contributed by atoms with Crippen molar-refractivity contribution in [2.75, 3.05) is 0 Å². The summed E-state index contributed by atoms with van der Waals surface area (Å²) in [5.74, 6) is -0.406. The molecule has 0 spiro atoms. The van der Waals surface area contributed by atoms with Crippen LogP contribution < -0.4 is 0 Å². The summed E-state index contributed by atoms with van der Waals surface area (Å²) in [7, 11) is 0. The Morgan fingerprint density at radius 1 is 0.719 bits per heavy atom. The largest absolute Gasteiger partial charge is 0.356 e. The number of unbranched alkanes of at least 4 members (excludes halogenated alkanes) is 5. The van der Waals surface area contributed by atoms with E-state index >= 15 is 0 Å². The summed E-state index contributed by atoms with van der Waals surface area (Å²) in [6.07, 6.45) is 9.03. The number of carbonyl (C=O) groups is 1. The molecule has 3 aromatic rings. The summed E-state index contributed by atoms with van der Waals surface area (Å²) in [5, 5.41) is 0. The molecule has 0 amide bonds. The van der Waals surface area contributed by atoms with E-state index in [1.807, 2.05) is 6.07 Å². The van der Waals surface area contributed by atoms with Gasteiger partial charge in [-0.1, -0.05) is 80.3 Å². The molecule has 0 aromatic heterocycles. The van der Waals surface area contributed by atoms with E-state index in [0.29, 0.717) is 5.56 Å². The molecular formula is C29H31FO2. The summed E-state index contributed by atoms with van der Waals surface area (Å²) in [6.45, 7) is 0. The van der Waals surface area contributed by atoms with Crippen molar-refractivity contribution < 1.29 is 13.9 Å². The zero-order valence-corrected chi connectivity index (χ0v) is 18.5. The number of carbonyl (C=O) groups excluding carboxylic acids is 1. The maximum atomic E-state index is 13.1. The van der Waals surface area contributed by atoms with E-state index in [-0.39, 0.29) is 17.7 Å². The molecular weight excluding hydrogens is 399 g/mol. The second-order valence-electron chi connectivity index (χ2n) is 8.65. The van der Waals surface area contributed by atoms with E-state index < -0.39 is 6.10 Å². The monoisotopic (exact) mass is 430 g/mol. The summed E-state index contributed by atoms with van der Waals surface area (Å²) in [5.41, 5.74) is 4.33. The number of hydrogen-bond donors (Lipinski definition) is 0. The van der Waals surface area contributed by atoms with Crippen LogP contribution in [0.5, 0.6) is 0 Å². The topological polar surface area (TPSA) is 29.6 Å². The summed E-state index contributed by atoms with van der Waals surface area (Å²) in [6, 6.07) is 24.7. The third kappa shape index (κ3) is 6.14. The summed E-state index contributed by atoms with van der Waals surface area (Å²) >= 11 is 0. The lowest BCUT2D eigenvalue weighted by atomic mass is 9.95. The number of epoxide rings is 1. The van der Waals surface area contributed by atoms with Crippen molar-refractivity contribution >= 4 is 5.78 Å². The molecule has 2 atom stereocenters. The van der Waals surface area contributed by atoms with Gasteiger partial charge < -0.3 is 4.74 Å². The lowest BCUT2D eigenvalue weighted by molar-refractivity contribution is 0.0953. The Balaban J connectivity index is 1.18. The van der Waals surface area contributed by atoms with E-state index in [1.54, 1.807) is 0 Å². The molecule has 3 aromatic carbocycles. The number of benzene rings is 3. The van der Waals surface area contributed by atoms with Crippen molar-refractivity contribution in [3.8, 4) is 0 Å². The molecule has 0 aliphatic carbocycles. The predicted molar refractivity (Wildman–Crippen MR) is 126 cm³/mol. The third-order valence-electron chi connectivity index (χ3n) is 6.24. The van der Waals surface area contributed by atoms with Crippen LogP contribution in [0.3, 0.4) is 0 Å². The molecule has 0 saturated carbocycles. The number of aryl methyl sites for hydroxylation is 2. The maximum Gasteiger partial charge on any atom is 0.194 e. The van der Waals surface area contributed by atoms with Gasteiger partial charge in [-0.05, 0) is 66.6 Å². The van der Waals surface area contributed by atoms with E-state index in [1.165, 1.54) is 73.9 Å². The second kappa shape index (κ2) is 11.2. The standard InChI is InChI=1S/C29H31FO2/c30-25-20-18-24(19-21-25)27(31)29-28(32-29)26-17-11-10-16-23(26)15-9-4-2-1-3-6-12-22-13-7-5-8-14-22/h5,7-8,10-11,13-14,16-21,28-29H,1-4,6,9,12,15H2/t28-,29-/m0/s1. The van der Waals surface area contributed by atoms with Crippen molar-refractivity contribution in [3.05, 3.63) is 107 Å². The minimum absolute atomic E-state index is 0.0692. The van der Waals surface area contributed by atoms with Crippen LogP contribution in [0.4, 0.5) is 4.39 Å². The van der Waals surface area contributed by atoms with Gasteiger partial charge in [-0.2, -0.15) is 0 Å². The van der Waals surface area contributed by atoms with Crippen LogP contribution in [0.25, 0.3) is 0 Å². The van der Waals surface area contributed by atoms with Gasteiger partial charge in [0.05, 0.1) is 0 Å². The molecule has 0 bridgehead atoms. The third-order valence-corrected chi connectivity index (χ3v) is 6.24. The molecule has 2 nitrogen and oxygen atoms in total. The van der Waals surface area contributed by atoms with Gasteiger partial charge in [0.25, 0.3) is 0 Å². The van der Waals surface area contributed by atoms with E-state index in [0.717, 1.165) is 18.4 Å². The van der Waals surface area contributed by atoms with Crippen LogP contribution >= 0.6 is 0 Å². The van der Waals surface area contributed by atoms with Crippen LogP contribution in [-0.4, -0.2) is 11.9 Å². The predicted octanol–water partition coefficient (Wildman–Crippen LogP) is 7.27. The van der Waals surface area contributed by atoms with Gasteiger partial charge in [0.2, 0.25) is 0 Å². The number of ether oxygens (including phenoxy) is 1. The Labute approximate surface area is 190 Å². The number of halogens is 1. The van der Waals surface area contributed by atoms with E-state index in [9.17, 15) is 9.18 Å². The van der Waals surface area contributed by atoms with Gasteiger partial charge in [0.1, 0.15) is 11.9 Å². The number of hydrogen-bond acceptors (Lipinski definition) is 2. The molecule has 0 unspecified atom stereocenters. The first-order chi connectivity index (χ1) is 15.7. The summed E-state index contributed by atoms with van der Waals surface area (Å²) in [4.78, 5) is 12.6. The first-order valence-corrected chi connectivity index (χ1v) is 11.8. The van der Waals surface area contributed by atoms with Gasteiger partial charge in [-0.3, -0.25) is 4.79 Å². The Morgan fingerprint density at radius 3 is 2.09 bits per heavy atom. The lowest BCUT2D eigenvalue weighted by Crippen LogP contribution is -2.08. The van der Waals surface area contributed by atoms with Crippen LogP contribution in [0, 0.1) is 5.82 Å². The highest BCUT2D eigenvalue weighted by atomic mass is 19.1. The molecule has 4 rings (SSSR count). The number of rotatable bonds is 12. The molecule has 166 valence electrons. The normalized spacial score (nSPS) is 17.3. The average molecular weight is 431 g/mol. The van der Waals surface area contributed by atoms with Crippen molar-refractivity contribution in [1.29, 1.82) is 0 Å². The van der Waals surface area contributed by atoms with Crippen LogP contribution in [0.15, 0.2) is 78.9 Å². The fourth-order valence-corrected chi connectivity index (χ4v) is 4.36. The quantitative estimate of drug-likeness (QED) is 0.172. The highest BCUT2D eigenvalue weighted by Crippen LogP contribution is 2.42. The van der Waals surface area contributed by atoms with Crippen molar-refractivity contribution in [2.24, 2.45) is 0 Å². The maximum absolute atomic E-state index is 13.1. The van der Waals surface area contributed by atoms with E-state index in [4.69, 9.17) is 4.74 Å². The molecule has 1 heterocycles. The van der Waals surface area contributed by atoms with Gasteiger partial charge >= 0.3 is 0 Å². The van der Waals surface area contributed by atoms with Crippen LogP contribution in [-0.2, 0) is 17.6 Å². The van der Waals surface area contributed by atoms with E-state index in [2.05, 4.69) is 48.5 Å². The number of ketones is 1. The Kier molecular flexibility index (Phi) is 7.84. The molecule has 0 N–H and O–H groups in total. The lowest BCUT2D eigenvalue weighted by Gasteiger charge is -2.08. The van der Waals surface area contributed by atoms with Crippen molar-refractivity contribution in [3.63, 3.8) is 0 Å². The Hall–Kier alpha value is -2.78. The minimum atomic E-state index is -0.453. The molecule has 1 fully saturated rings. The highest BCUT2D eigenvalue weighted by molar-refractivity contribution is 6.01. The second-order valence-corrected chi connectivity index (χ2v) is 8.65. The molecule has 3 heteroatoms. The Morgan fingerprint density at radius 2 is 1.34 bits per heavy atom. The SMILES string of the molecule is O=C(c1ccc(F)cc1)[C@@H]1O[C@H]1c1ccccc1CCCCCCCCc1ccccc1. The molecule has 1 saturated heterocycles. The van der Waals surface area contributed by atoms with Gasteiger partial charge in [-0.15, -0.1) is 0 Å². The van der Waals surface area contributed by atoms with Crippen LogP contribution in [0.1, 0.15) is 71.7 Å². The Bertz CT molecular complexity index is 997. The number of Topliss-reactive ketones (excluding diaryl/α,β-unsaturated/α-hetero) is 1. The van der Waals surface area contributed by atoms with Crippen molar-refractivity contribution in [1.82, 2.24) is 0 Å². The average Bonchev–Trinajstić information content (AvgIpc) is 3.62. The summed E-state index contributed by atoms with van der Waals surface area (Å²) < 4.78 is 18.9. The molecule has 32 heavy (non-hydrogen) atoms. The van der Waals surface area contributed by atoms with Gasteiger partial charge in [0, 0.05) is 5.56 Å². The molecule has 1 aliphatic heterocycles. The molecule has 1 aliphatic rings. The smallest absolute Gasteiger partial charge is 0.194 e. The zero-order valence-electron chi connectivity index (χ0n) is 18.5. The van der Waals surface area contributed by atoms with Crippen LogP contribution in [0.2, 0.25) is 0 Å². The molecule has 0 radical (unpaired) electrons. The fourth-order valence-electron chi connectivity index (χ4n) is 4.36. The van der Waals surface area contributed by atoms with Crippen molar-refractivity contribution in [2.45, 2.75) is 63.6 Å². The van der Waals surface area contributed by atoms with Gasteiger partial charge in [-0.25, -0.2) is 4.39 Å². The fraction of sp³-hybridized carbons (Fsp3) is 0.345.